The number of fused-ring (bicyclic) bond motifs is 2. The number of carbonyl (C=O) groups is 1. The Morgan fingerprint density at radius 3 is 2.91 bits per heavy atom. The second-order valence-corrected chi connectivity index (χ2v) is 5.91. The molecule has 1 saturated heterocycles. The molecule has 1 atom stereocenters. The molecule has 0 saturated carbocycles. The molecule has 0 bridgehead atoms. The lowest BCUT2D eigenvalue weighted by atomic mass is 10.0. The molecule has 124 valence electrons. The number of guanidine groups is 1. The van der Waals surface area contributed by atoms with Crippen molar-refractivity contribution < 1.29 is 19.4 Å². The smallest absolute Gasteiger partial charge is 0.249 e. The first-order valence-corrected chi connectivity index (χ1v) is 7.66. The van der Waals surface area contributed by atoms with Crippen LogP contribution in [0.5, 0.6) is 11.5 Å². The normalized spacial score (nSPS) is 19.2. The van der Waals surface area contributed by atoms with E-state index in [4.69, 9.17) is 14.6 Å². The molecule has 2 aliphatic heterocycles. The van der Waals surface area contributed by atoms with E-state index in [0.717, 1.165) is 11.3 Å². The molecule has 7 nitrogen and oxygen atoms in total. The van der Waals surface area contributed by atoms with Crippen molar-refractivity contribution in [1.82, 2.24) is 10.2 Å². The van der Waals surface area contributed by atoms with Crippen LogP contribution >= 0.6 is 0 Å². The molecule has 7 heteroatoms. The van der Waals surface area contributed by atoms with Crippen LogP contribution in [0.15, 0.2) is 17.1 Å². The summed E-state index contributed by atoms with van der Waals surface area (Å²) >= 11 is 0. The summed E-state index contributed by atoms with van der Waals surface area (Å²) in [5.74, 6) is 1.90. The minimum atomic E-state index is -0.242. The van der Waals surface area contributed by atoms with E-state index in [1.165, 1.54) is 0 Å². The Bertz CT molecular complexity index is 657. The lowest BCUT2D eigenvalue weighted by Gasteiger charge is -2.30. The molecule has 1 aromatic rings. The third kappa shape index (κ3) is 2.61. The zero-order valence-corrected chi connectivity index (χ0v) is 13.5. The maximum absolute atomic E-state index is 12.2. The van der Waals surface area contributed by atoms with E-state index in [0.29, 0.717) is 24.0 Å². The van der Waals surface area contributed by atoms with Crippen LogP contribution in [-0.2, 0) is 11.3 Å². The monoisotopic (exact) mass is 319 g/mol. The Balaban J connectivity index is 2.00. The third-order valence-electron chi connectivity index (χ3n) is 4.05. The number of nitrogens with one attached hydrogen (secondary N) is 1. The summed E-state index contributed by atoms with van der Waals surface area (Å²) in [5.41, 5.74) is 1.64. The first-order valence-electron chi connectivity index (χ1n) is 7.66. The fourth-order valence-electron chi connectivity index (χ4n) is 3.09. The van der Waals surface area contributed by atoms with E-state index in [2.05, 4.69) is 10.3 Å². The molecular formula is C16H21N3O4. The second kappa shape index (κ2) is 6.08. The number of hydrogen-bond acceptors (Lipinski definition) is 6. The van der Waals surface area contributed by atoms with Crippen molar-refractivity contribution in [3.8, 4) is 11.5 Å². The van der Waals surface area contributed by atoms with Crippen LogP contribution in [0.3, 0.4) is 0 Å². The van der Waals surface area contributed by atoms with Crippen LogP contribution in [0, 0.1) is 5.92 Å². The van der Waals surface area contributed by atoms with Gasteiger partial charge < -0.3 is 19.5 Å². The summed E-state index contributed by atoms with van der Waals surface area (Å²) in [6, 6.07) is 3.36. The van der Waals surface area contributed by atoms with Crippen LogP contribution < -0.4 is 14.8 Å². The Morgan fingerprint density at radius 2 is 2.26 bits per heavy atom. The number of carbonyl (C=O) groups excluding carboxylic acids is 1. The number of aliphatic hydroxyl groups excluding tert-OH is 1. The minimum Gasteiger partial charge on any atom is -0.492 e. The molecule has 3 rings (SSSR count). The van der Waals surface area contributed by atoms with E-state index >= 15 is 0 Å². The largest absolute Gasteiger partial charge is 0.492 e. The fraction of sp³-hybridized carbons (Fsp3) is 0.500. The highest BCUT2D eigenvalue weighted by atomic mass is 16.5. The highest BCUT2D eigenvalue weighted by Gasteiger charge is 2.41. The van der Waals surface area contributed by atoms with Gasteiger partial charge in [-0.2, -0.15) is 0 Å². The predicted octanol–water partition coefficient (Wildman–Crippen LogP) is 1.02. The average Bonchev–Trinajstić information content (AvgIpc) is 2.84. The van der Waals surface area contributed by atoms with Gasteiger partial charge in [-0.25, -0.2) is 4.99 Å². The van der Waals surface area contributed by atoms with E-state index in [1.807, 2.05) is 24.8 Å². The summed E-state index contributed by atoms with van der Waals surface area (Å²) < 4.78 is 11.0. The van der Waals surface area contributed by atoms with Gasteiger partial charge in [-0.1, -0.05) is 13.8 Å². The zero-order valence-electron chi connectivity index (χ0n) is 13.5. The molecule has 2 aliphatic rings. The Kier molecular flexibility index (Phi) is 4.12. The fourth-order valence-corrected chi connectivity index (χ4v) is 3.09. The standard InChI is InChI=1S/C16H21N3O4/c1-9(2)13-15(21)18-16-17-11-4-5-12(23-7-6-20)14(22-3)10(11)8-19(13)16/h4-5,9,13,20H,6-8H2,1-3H3,(H,17,18,21). The molecule has 0 aromatic heterocycles. The first-order chi connectivity index (χ1) is 11.1. The SMILES string of the molecule is COc1c(OCCO)ccc2c1CN1C(=N2)NC(=O)C1C(C)C. The average molecular weight is 319 g/mol. The summed E-state index contributed by atoms with van der Waals surface area (Å²) in [5, 5.41) is 11.8. The first kappa shape index (κ1) is 15.6. The lowest BCUT2D eigenvalue weighted by Crippen LogP contribution is -2.40. The molecule has 0 aliphatic carbocycles. The zero-order chi connectivity index (χ0) is 16.6. The van der Waals surface area contributed by atoms with Gasteiger partial charge in [-0.15, -0.1) is 0 Å². The Labute approximate surface area is 134 Å². The van der Waals surface area contributed by atoms with E-state index < -0.39 is 0 Å². The molecular weight excluding hydrogens is 298 g/mol. The number of amides is 1. The summed E-state index contributed by atoms with van der Waals surface area (Å²) in [6.07, 6.45) is 0. The van der Waals surface area contributed by atoms with Crippen molar-refractivity contribution >= 4 is 17.6 Å². The number of methoxy groups -OCH3 is 1. The van der Waals surface area contributed by atoms with Crippen LogP contribution in [0.4, 0.5) is 5.69 Å². The highest BCUT2D eigenvalue weighted by molar-refractivity contribution is 6.08. The van der Waals surface area contributed by atoms with Crippen molar-refractivity contribution in [3.05, 3.63) is 17.7 Å². The number of aliphatic hydroxyl groups is 1. The summed E-state index contributed by atoms with van der Waals surface area (Å²) in [7, 11) is 1.58. The van der Waals surface area contributed by atoms with E-state index in [-0.39, 0.29) is 31.1 Å². The molecule has 1 unspecified atom stereocenters. The lowest BCUT2D eigenvalue weighted by molar-refractivity contribution is -0.122. The van der Waals surface area contributed by atoms with Gasteiger partial charge in [-0.3, -0.25) is 10.1 Å². The van der Waals surface area contributed by atoms with Crippen LogP contribution in [0.25, 0.3) is 0 Å². The second-order valence-electron chi connectivity index (χ2n) is 5.91. The highest BCUT2D eigenvalue weighted by Crippen LogP contribution is 2.41. The molecule has 2 N–H and O–H groups in total. The minimum absolute atomic E-state index is 0.0257. The third-order valence-corrected chi connectivity index (χ3v) is 4.05. The predicted molar refractivity (Wildman–Crippen MR) is 85.0 cm³/mol. The van der Waals surface area contributed by atoms with Crippen molar-refractivity contribution in [2.75, 3.05) is 20.3 Å². The van der Waals surface area contributed by atoms with Gasteiger partial charge in [-0.05, 0) is 18.1 Å². The molecule has 1 aromatic carbocycles. The number of benzene rings is 1. The Hall–Kier alpha value is -2.28. The van der Waals surface area contributed by atoms with E-state index in [1.54, 1.807) is 13.2 Å². The van der Waals surface area contributed by atoms with Gasteiger partial charge in [0.05, 0.1) is 25.9 Å². The molecule has 2 heterocycles. The van der Waals surface area contributed by atoms with Crippen molar-refractivity contribution in [1.29, 1.82) is 0 Å². The molecule has 1 amide bonds. The quantitative estimate of drug-likeness (QED) is 0.847. The molecule has 0 radical (unpaired) electrons. The van der Waals surface area contributed by atoms with Crippen molar-refractivity contribution in [2.45, 2.75) is 26.4 Å². The van der Waals surface area contributed by atoms with Gasteiger partial charge in [0, 0.05) is 5.56 Å². The number of nitrogens with zero attached hydrogens (tertiary/aromatic N) is 2. The maximum atomic E-state index is 12.2. The van der Waals surface area contributed by atoms with Crippen LogP contribution in [0.1, 0.15) is 19.4 Å². The topological polar surface area (TPSA) is 83.4 Å². The summed E-state index contributed by atoms with van der Waals surface area (Å²) in [6.45, 7) is 4.68. The van der Waals surface area contributed by atoms with Gasteiger partial charge in [0.25, 0.3) is 0 Å². The molecule has 0 spiro atoms. The Morgan fingerprint density at radius 1 is 1.48 bits per heavy atom. The van der Waals surface area contributed by atoms with Crippen molar-refractivity contribution in [2.24, 2.45) is 10.9 Å². The van der Waals surface area contributed by atoms with Gasteiger partial charge in [0.15, 0.2) is 11.5 Å². The molecule has 23 heavy (non-hydrogen) atoms. The number of rotatable bonds is 5. The summed E-state index contributed by atoms with van der Waals surface area (Å²) in [4.78, 5) is 18.7. The van der Waals surface area contributed by atoms with Crippen molar-refractivity contribution in [3.63, 3.8) is 0 Å². The number of ether oxygens (including phenoxy) is 2. The number of hydrogen-bond donors (Lipinski definition) is 2. The van der Waals surface area contributed by atoms with Crippen LogP contribution in [0.2, 0.25) is 0 Å². The van der Waals surface area contributed by atoms with Gasteiger partial charge in [0.2, 0.25) is 11.9 Å². The van der Waals surface area contributed by atoms with E-state index in [9.17, 15) is 4.79 Å². The number of aliphatic imine (C=N–C) groups is 1. The van der Waals surface area contributed by atoms with Gasteiger partial charge >= 0.3 is 0 Å². The maximum Gasteiger partial charge on any atom is 0.249 e. The molecule has 1 fully saturated rings. The van der Waals surface area contributed by atoms with Crippen LogP contribution in [-0.4, -0.2) is 48.2 Å². The van der Waals surface area contributed by atoms with Gasteiger partial charge in [0.1, 0.15) is 12.6 Å².